The van der Waals surface area contributed by atoms with Crippen LogP contribution in [0.5, 0.6) is 5.75 Å². The molecule has 35 heavy (non-hydrogen) atoms. The summed E-state index contributed by atoms with van der Waals surface area (Å²) >= 11 is 1.29. The molecular weight excluding hydrogens is 462 g/mol. The number of carbonyl (C=O) groups is 2. The highest BCUT2D eigenvalue weighted by Gasteiger charge is 2.17. The predicted octanol–water partition coefficient (Wildman–Crippen LogP) is 4.43. The molecule has 0 aliphatic carbocycles. The molecule has 0 aliphatic rings. The van der Waals surface area contributed by atoms with Crippen LogP contribution in [0.15, 0.2) is 47.6 Å². The minimum absolute atomic E-state index is 0.0777. The van der Waals surface area contributed by atoms with Crippen molar-refractivity contribution in [1.29, 1.82) is 0 Å². The number of benzene rings is 2. The Morgan fingerprint density at radius 2 is 1.77 bits per heavy atom. The van der Waals surface area contributed by atoms with Crippen LogP contribution < -0.4 is 15.4 Å². The molecule has 0 unspecified atom stereocenters. The maximum absolute atomic E-state index is 12.4. The number of hydrogen-bond acceptors (Lipinski definition) is 6. The number of anilines is 1. The largest absolute Gasteiger partial charge is 0.495 e. The van der Waals surface area contributed by atoms with Gasteiger partial charge in [0.05, 0.1) is 25.1 Å². The topological polar surface area (TPSA) is 98.1 Å². The number of rotatable bonds is 9. The zero-order valence-corrected chi connectivity index (χ0v) is 22.0. The minimum Gasteiger partial charge on any atom is -0.495 e. The third-order valence-corrected chi connectivity index (χ3v) is 6.42. The Balaban J connectivity index is 1.56. The molecule has 3 aromatic rings. The van der Waals surface area contributed by atoms with E-state index in [1.54, 1.807) is 13.2 Å². The number of methoxy groups -OCH3 is 1. The molecule has 2 N–H and O–H groups in total. The smallest absolute Gasteiger partial charge is 0.243 e. The Labute approximate surface area is 210 Å². The van der Waals surface area contributed by atoms with E-state index in [1.807, 2.05) is 30.5 Å². The highest BCUT2D eigenvalue weighted by atomic mass is 32.2. The molecule has 0 spiro atoms. The van der Waals surface area contributed by atoms with E-state index in [0.29, 0.717) is 23.1 Å². The molecule has 0 saturated heterocycles. The second-order valence-corrected chi connectivity index (χ2v) is 10.1. The Hall–Kier alpha value is -3.33. The fourth-order valence-electron chi connectivity index (χ4n) is 3.49. The molecule has 3 rings (SSSR count). The van der Waals surface area contributed by atoms with Gasteiger partial charge in [-0.25, -0.2) is 0 Å². The van der Waals surface area contributed by atoms with Crippen molar-refractivity contribution in [1.82, 2.24) is 20.1 Å². The maximum atomic E-state index is 12.4. The van der Waals surface area contributed by atoms with Crippen molar-refractivity contribution in [2.75, 3.05) is 24.7 Å². The van der Waals surface area contributed by atoms with E-state index >= 15 is 0 Å². The summed E-state index contributed by atoms with van der Waals surface area (Å²) in [6.07, 6.45) is 0. The Morgan fingerprint density at radius 1 is 1.06 bits per heavy atom. The quantitative estimate of drug-likeness (QED) is 0.426. The number of nitrogens with zero attached hydrogens (tertiary/aromatic N) is 3. The van der Waals surface area contributed by atoms with E-state index < -0.39 is 0 Å². The highest BCUT2D eigenvalue weighted by molar-refractivity contribution is 7.99. The van der Waals surface area contributed by atoms with Crippen LogP contribution in [-0.2, 0) is 21.5 Å². The molecule has 0 bridgehead atoms. The summed E-state index contributed by atoms with van der Waals surface area (Å²) in [6, 6.07) is 13.8. The molecule has 9 heteroatoms. The highest BCUT2D eigenvalue weighted by Crippen LogP contribution is 2.28. The minimum atomic E-state index is -0.329. The lowest BCUT2D eigenvalue weighted by molar-refractivity contribution is -0.122. The first-order chi connectivity index (χ1) is 16.6. The molecule has 186 valence electrons. The second kappa shape index (κ2) is 11.4. The molecule has 2 aromatic carbocycles. The van der Waals surface area contributed by atoms with E-state index in [0.717, 1.165) is 17.0 Å². The van der Waals surface area contributed by atoms with Gasteiger partial charge in [-0.05, 0) is 42.5 Å². The molecule has 2 amide bonds. The van der Waals surface area contributed by atoms with Gasteiger partial charge < -0.3 is 19.9 Å². The van der Waals surface area contributed by atoms with Gasteiger partial charge in [-0.3, -0.25) is 9.59 Å². The fraction of sp³-hybridized carbons (Fsp3) is 0.385. The number of aromatic nitrogens is 3. The molecule has 0 aliphatic heterocycles. The van der Waals surface area contributed by atoms with Crippen molar-refractivity contribution >= 4 is 29.3 Å². The summed E-state index contributed by atoms with van der Waals surface area (Å²) in [5, 5.41) is 14.7. The molecule has 1 heterocycles. The number of hydrogen-bond donors (Lipinski definition) is 2. The number of amides is 2. The van der Waals surface area contributed by atoms with E-state index in [2.05, 4.69) is 65.9 Å². The maximum Gasteiger partial charge on any atom is 0.243 e. The Bertz CT molecular complexity index is 1180. The van der Waals surface area contributed by atoms with Gasteiger partial charge in [-0.1, -0.05) is 62.9 Å². The third-order valence-electron chi connectivity index (χ3n) is 5.45. The van der Waals surface area contributed by atoms with Crippen molar-refractivity contribution in [3.05, 3.63) is 53.6 Å². The van der Waals surface area contributed by atoms with Crippen LogP contribution in [0.1, 0.15) is 38.8 Å². The molecular formula is C26H33N5O3S. The van der Waals surface area contributed by atoms with Crippen molar-refractivity contribution in [2.45, 2.75) is 51.7 Å². The molecule has 0 fully saturated rings. The standard InChI is InChI=1S/C26H33N5O3S/c1-7-31-24(18-9-11-19(12-10-18)26(3,4)5)29-30-25(31)35-16-23(33)27-15-22(32)28-20-14-17(2)8-13-21(20)34-6/h8-14H,7,15-16H2,1-6H3,(H,27,33)(H,28,32). The van der Waals surface area contributed by atoms with Crippen molar-refractivity contribution in [2.24, 2.45) is 0 Å². The first-order valence-electron chi connectivity index (χ1n) is 11.5. The number of aryl methyl sites for hydroxylation is 1. The third kappa shape index (κ3) is 6.85. The zero-order valence-electron chi connectivity index (χ0n) is 21.1. The van der Waals surface area contributed by atoms with Crippen LogP contribution >= 0.6 is 11.8 Å². The van der Waals surface area contributed by atoms with Crippen molar-refractivity contribution in [3.63, 3.8) is 0 Å². The van der Waals surface area contributed by atoms with E-state index in [9.17, 15) is 9.59 Å². The first kappa shape index (κ1) is 26.3. The Morgan fingerprint density at radius 3 is 2.40 bits per heavy atom. The number of ether oxygens (including phenoxy) is 1. The van der Waals surface area contributed by atoms with Crippen LogP contribution in [0.4, 0.5) is 5.69 Å². The van der Waals surface area contributed by atoms with Crippen LogP contribution in [0.3, 0.4) is 0 Å². The lowest BCUT2D eigenvalue weighted by Crippen LogP contribution is -2.34. The van der Waals surface area contributed by atoms with Gasteiger partial charge in [0.25, 0.3) is 0 Å². The van der Waals surface area contributed by atoms with E-state index in [4.69, 9.17) is 4.74 Å². The normalized spacial score (nSPS) is 11.3. The lowest BCUT2D eigenvalue weighted by Gasteiger charge is -2.19. The van der Waals surface area contributed by atoms with Gasteiger partial charge in [0.15, 0.2) is 11.0 Å². The number of carbonyl (C=O) groups excluding carboxylic acids is 2. The first-order valence-corrected chi connectivity index (χ1v) is 12.5. The zero-order chi connectivity index (χ0) is 25.6. The van der Waals surface area contributed by atoms with Gasteiger partial charge in [0, 0.05) is 12.1 Å². The second-order valence-electron chi connectivity index (χ2n) is 9.20. The van der Waals surface area contributed by atoms with Gasteiger partial charge in [-0.15, -0.1) is 10.2 Å². The van der Waals surface area contributed by atoms with E-state index in [1.165, 1.54) is 17.3 Å². The Kier molecular flexibility index (Phi) is 8.56. The predicted molar refractivity (Wildman–Crippen MR) is 140 cm³/mol. The van der Waals surface area contributed by atoms with Crippen LogP contribution in [0.2, 0.25) is 0 Å². The van der Waals surface area contributed by atoms with E-state index in [-0.39, 0.29) is 29.5 Å². The van der Waals surface area contributed by atoms with Crippen LogP contribution in [-0.4, -0.2) is 46.0 Å². The van der Waals surface area contributed by atoms with Gasteiger partial charge in [0.1, 0.15) is 5.75 Å². The van der Waals surface area contributed by atoms with Crippen molar-refractivity contribution < 1.29 is 14.3 Å². The summed E-state index contributed by atoms with van der Waals surface area (Å²) in [4.78, 5) is 24.7. The lowest BCUT2D eigenvalue weighted by atomic mass is 9.87. The monoisotopic (exact) mass is 495 g/mol. The van der Waals surface area contributed by atoms with Gasteiger partial charge >= 0.3 is 0 Å². The summed E-state index contributed by atoms with van der Waals surface area (Å²) < 4.78 is 7.26. The molecule has 8 nitrogen and oxygen atoms in total. The summed E-state index contributed by atoms with van der Waals surface area (Å²) in [7, 11) is 1.54. The summed E-state index contributed by atoms with van der Waals surface area (Å²) in [5.74, 6) is 0.867. The summed E-state index contributed by atoms with van der Waals surface area (Å²) in [6.45, 7) is 11.0. The average molecular weight is 496 g/mol. The van der Waals surface area contributed by atoms with Crippen molar-refractivity contribution in [3.8, 4) is 17.1 Å². The molecule has 0 atom stereocenters. The average Bonchev–Trinajstić information content (AvgIpc) is 3.24. The molecule has 1 aromatic heterocycles. The summed E-state index contributed by atoms with van der Waals surface area (Å²) in [5.41, 5.74) is 3.87. The fourth-order valence-corrected chi connectivity index (χ4v) is 4.32. The van der Waals surface area contributed by atoms with Gasteiger partial charge in [-0.2, -0.15) is 0 Å². The van der Waals surface area contributed by atoms with Crippen LogP contribution in [0.25, 0.3) is 11.4 Å². The molecule has 0 radical (unpaired) electrons. The van der Waals surface area contributed by atoms with Gasteiger partial charge in [0.2, 0.25) is 11.8 Å². The molecule has 0 saturated carbocycles. The SMILES string of the molecule is CCn1c(SCC(=O)NCC(=O)Nc2cc(C)ccc2OC)nnc1-c1ccc(C(C)(C)C)cc1. The van der Waals surface area contributed by atoms with Crippen LogP contribution in [0, 0.1) is 6.92 Å². The number of thioether (sulfide) groups is 1. The number of nitrogens with one attached hydrogen (secondary N) is 2.